The maximum absolute atomic E-state index is 13.5. The highest BCUT2D eigenvalue weighted by Crippen LogP contribution is 2.28. The van der Waals surface area contributed by atoms with Gasteiger partial charge in [-0.3, -0.25) is 14.5 Å². The van der Waals surface area contributed by atoms with Crippen LogP contribution in [0.3, 0.4) is 0 Å². The molecule has 3 aliphatic heterocycles. The number of benzene rings is 1. The number of hydrogen-bond donors (Lipinski definition) is 0. The third-order valence-corrected chi connectivity index (χ3v) is 6.72. The second-order valence-electron chi connectivity index (χ2n) is 8.81. The second-order valence-corrected chi connectivity index (χ2v) is 8.81. The Morgan fingerprint density at radius 2 is 1.56 bits per heavy atom. The van der Waals surface area contributed by atoms with Gasteiger partial charge in [0, 0.05) is 57.7 Å². The molecule has 8 heteroatoms. The molecule has 0 atom stereocenters. The van der Waals surface area contributed by atoms with Crippen molar-refractivity contribution in [1.82, 2.24) is 19.7 Å². The van der Waals surface area contributed by atoms with Crippen molar-refractivity contribution in [3.05, 3.63) is 35.9 Å². The van der Waals surface area contributed by atoms with Gasteiger partial charge in [-0.2, -0.15) is 0 Å². The van der Waals surface area contributed by atoms with E-state index in [2.05, 4.69) is 9.80 Å². The van der Waals surface area contributed by atoms with Crippen LogP contribution in [0, 0.1) is 0 Å². The van der Waals surface area contributed by atoms with Gasteiger partial charge in [-0.1, -0.05) is 18.2 Å². The average Bonchev–Trinajstić information content (AvgIpc) is 3.38. The lowest BCUT2D eigenvalue weighted by Gasteiger charge is -2.36. The number of ether oxygens (including phenoxy) is 1. The fourth-order valence-corrected chi connectivity index (χ4v) is 4.81. The normalized spacial score (nSPS) is 20.2. The number of hydrogen-bond acceptors (Lipinski definition) is 6. The number of piperazine rings is 1. The van der Waals surface area contributed by atoms with Crippen molar-refractivity contribution in [3.63, 3.8) is 0 Å². The van der Waals surface area contributed by atoms with E-state index < -0.39 is 0 Å². The molecule has 32 heavy (non-hydrogen) atoms. The van der Waals surface area contributed by atoms with Crippen LogP contribution < -0.4 is 4.90 Å². The summed E-state index contributed by atoms with van der Waals surface area (Å²) >= 11 is 0. The number of amides is 2. The topological polar surface area (TPSA) is 69.2 Å². The maximum atomic E-state index is 13.5. The predicted molar refractivity (Wildman–Crippen MR) is 123 cm³/mol. The smallest absolute Gasteiger partial charge is 0.257 e. The molecule has 0 bridgehead atoms. The number of para-hydroxylation sites is 1. The number of pyridine rings is 1. The van der Waals surface area contributed by atoms with Gasteiger partial charge in [0.1, 0.15) is 5.82 Å². The number of carbonyl (C=O) groups excluding carboxylic acids is 2. The maximum Gasteiger partial charge on any atom is 0.257 e. The van der Waals surface area contributed by atoms with E-state index in [0.29, 0.717) is 51.5 Å². The summed E-state index contributed by atoms with van der Waals surface area (Å²) < 4.78 is 5.36. The van der Waals surface area contributed by atoms with E-state index in [-0.39, 0.29) is 11.8 Å². The lowest BCUT2D eigenvalue weighted by atomic mass is 10.1. The Morgan fingerprint density at radius 3 is 2.31 bits per heavy atom. The summed E-state index contributed by atoms with van der Waals surface area (Å²) in [6.45, 7) is 7.57. The number of fused-ring (bicyclic) bond motifs is 1. The van der Waals surface area contributed by atoms with Crippen LogP contribution in [0.2, 0.25) is 0 Å². The Hall–Kier alpha value is -2.71. The molecule has 1 aromatic heterocycles. The van der Waals surface area contributed by atoms with E-state index in [1.165, 1.54) is 0 Å². The predicted octanol–water partition coefficient (Wildman–Crippen LogP) is 1.45. The Morgan fingerprint density at radius 1 is 0.875 bits per heavy atom. The van der Waals surface area contributed by atoms with Crippen molar-refractivity contribution in [3.8, 4) is 0 Å². The fraction of sp³-hybridized carbons (Fsp3) is 0.542. The van der Waals surface area contributed by atoms with Gasteiger partial charge in [0.25, 0.3) is 5.91 Å². The number of morpholine rings is 1. The molecule has 0 N–H and O–H groups in total. The lowest BCUT2D eigenvalue weighted by Crippen LogP contribution is -2.53. The van der Waals surface area contributed by atoms with E-state index in [4.69, 9.17) is 9.72 Å². The third-order valence-electron chi connectivity index (χ3n) is 6.72. The van der Waals surface area contributed by atoms with E-state index in [1.807, 2.05) is 40.1 Å². The van der Waals surface area contributed by atoms with Crippen LogP contribution in [0.25, 0.3) is 10.9 Å². The monoisotopic (exact) mass is 437 g/mol. The minimum atomic E-state index is 0.0189. The summed E-state index contributed by atoms with van der Waals surface area (Å²) in [6, 6.07) is 9.97. The number of aromatic nitrogens is 1. The number of nitrogens with zero attached hydrogens (tertiary/aromatic N) is 5. The molecule has 5 rings (SSSR count). The SMILES string of the molecule is O=C(CN1CCOCC1)N1CCN(C(=O)c2cc3ccccc3nc2N2CCCC2)CC1. The van der Waals surface area contributed by atoms with Crippen molar-refractivity contribution >= 4 is 28.5 Å². The fourth-order valence-electron chi connectivity index (χ4n) is 4.81. The van der Waals surface area contributed by atoms with Gasteiger partial charge >= 0.3 is 0 Å². The Labute approximate surface area is 188 Å². The summed E-state index contributed by atoms with van der Waals surface area (Å²) in [5.74, 6) is 0.964. The summed E-state index contributed by atoms with van der Waals surface area (Å²) in [4.78, 5) is 39.3. The highest BCUT2D eigenvalue weighted by atomic mass is 16.5. The van der Waals surface area contributed by atoms with Gasteiger partial charge in [0.2, 0.25) is 5.91 Å². The summed E-state index contributed by atoms with van der Waals surface area (Å²) in [6.07, 6.45) is 2.26. The van der Waals surface area contributed by atoms with Crippen LogP contribution in [-0.2, 0) is 9.53 Å². The highest BCUT2D eigenvalue weighted by molar-refractivity contribution is 6.02. The van der Waals surface area contributed by atoms with Crippen LogP contribution in [0.5, 0.6) is 0 Å². The van der Waals surface area contributed by atoms with E-state index >= 15 is 0 Å². The van der Waals surface area contributed by atoms with Gasteiger partial charge in [0.05, 0.1) is 30.8 Å². The first-order valence-electron chi connectivity index (χ1n) is 11.7. The second kappa shape index (κ2) is 9.42. The molecule has 170 valence electrons. The molecule has 2 aromatic rings. The van der Waals surface area contributed by atoms with Gasteiger partial charge in [0.15, 0.2) is 0 Å². The minimum Gasteiger partial charge on any atom is -0.379 e. The Bertz CT molecular complexity index is 977. The van der Waals surface area contributed by atoms with Crippen molar-refractivity contribution in [2.45, 2.75) is 12.8 Å². The van der Waals surface area contributed by atoms with Crippen LogP contribution in [0.4, 0.5) is 5.82 Å². The molecule has 3 aliphatic rings. The summed E-state index contributed by atoms with van der Waals surface area (Å²) in [7, 11) is 0. The third kappa shape index (κ3) is 4.42. The van der Waals surface area contributed by atoms with Crippen molar-refractivity contribution in [2.24, 2.45) is 0 Å². The van der Waals surface area contributed by atoms with Crippen LogP contribution in [0.1, 0.15) is 23.2 Å². The molecular weight excluding hydrogens is 406 g/mol. The molecule has 3 fully saturated rings. The van der Waals surface area contributed by atoms with E-state index in [0.717, 1.165) is 55.7 Å². The molecule has 0 saturated carbocycles. The largest absolute Gasteiger partial charge is 0.379 e. The Balaban J connectivity index is 1.28. The lowest BCUT2D eigenvalue weighted by molar-refractivity contribution is -0.134. The number of carbonyl (C=O) groups is 2. The van der Waals surface area contributed by atoms with Crippen LogP contribution in [0.15, 0.2) is 30.3 Å². The highest BCUT2D eigenvalue weighted by Gasteiger charge is 2.29. The molecule has 0 unspecified atom stereocenters. The molecule has 4 heterocycles. The quantitative estimate of drug-likeness (QED) is 0.721. The first-order valence-corrected chi connectivity index (χ1v) is 11.7. The summed E-state index contributed by atoms with van der Waals surface area (Å²) in [5.41, 5.74) is 1.60. The van der Waals surface area contributed by atoms with Gasteiger partial charge in [-0.25, -0.2) is 4.98 Å². The van der Waals surface area contributed by atoms with Crippen LogP contribution >= 0.6 is 0 Å². The van der Waals surface area contributed by atoms with Crippen molar-refractivity contribution in [1.29, 1.82) is 0 Å². The van der Waals surface area contributed by atoms with E-state index in [9.17, 15) is 9.59 Å². The average molecular weight is 438 g/mol. The minimum absolute atomic E-state index is 0.0189. The molecule has 0 spiro atoms. The van der Waals surface area contributed by atoms with Crippen molar-refractivity contribution in [2.75, 3.05) is 77.0 Å². The molecule has 3 saturated heterocycles. The van der Waals surface area contributed by atoms with E-state index in [1.54, 1.807) is 0 Å². The van der Waals surface area contributed by atoms with Gasteiger partial charge < -0.3 is 19.4 Å². The molecular formula is C24H31N5O3. The molecule has 0 radical (unpaired) electrons. The molecule has 8 nitrogen and oxygen atoms in total. The first kappa shape index (κ1) is 21.2. The number of anilines is 1. The van der Waals surface area contributed by atoms with Gasteiger partial charge in [-0.05, 0) is 25.0 Å². The molecule has 0 aliphatic carbocycles. The zero-order chi connectivity index (χ0) is 21.9. The standard InChI is InChI=1S/C24H31N5O3/c30-22(18-26-13-15-32-16-14-26)27-9-11-29(12-10-27)24(31)20-17-19-5-1-2-6-21(19)25-23(20)28-7-3-4-8-28/h1-2,5-6,17H,3-4,7-16,18H2. The van der Waals surface area contributed by atoms with Crippen molar-refractivity contribution < 1.29 is 14.3 Å². The molecule has 1 aromatic carbocycles. The zero-order valence-corrected chi connectivity index (χ0v) is 18.5. The zero-order valence-electron chi connectivity index (χ0n) is 18.5. The Kier molecular flexibility index (Phi) is 6.23. The van der Waals surface area contributed by atoms with Crippen LogP contribution in [-0.4, -0.2) is 104 Å². The summed E-state index contributed by atoms with van der Waals surface area (Å²) in [5, 5.41) is 0.984. The van der Waals surface area contributed by atoms with Gasteiger partial charge in [-0.15, -0.1) is 0 Å². The first-order chi connectivity index (χ1) is 15.7. The molecule has 2 amide bonds. The number of rotatable bonds is 4.